The van der Waals surface area contributed by atoms with Gasteiger partial charge in [-0.15, -0.1) is 0 Å². The van der Waals surface area contributed by atoms with Crippen molar-refractivity contribution in [3.05, 3.63) is 39.9 Å². The number of benzene rings is 1. The first kappa shape index (κ1) is 20.0. The first-order valence-electron chi connectivity index (χ1n) is 7.13. The summed E-state index contributed by atoms with van der Waals surface area (Å²) in [6.07, 6.45) is -0.292. The fourth-order valence-electron chi connectivity index (χ4n) is 2.20. The van der Waals surface area contributed by atoms with Gasteiger partial charge in [-0.2, -0.15) is 0 Å². The molecule has 10 nitrogen and oxygen atoms in total. The summed E-state index contributed by atoms with van der Waals surface area (Å²) in [7, 11) is 2.26. The van der Waals surface area contributed by atoms with Crippen molar-refractivity contribution in [2.45, 2.75) is 18.4 Å². The van der Waals surface area contributed by atoms with Crippen molar-refractivity contribution in [3.8, 4) is 0 Å². The number of amides is 1. The van der Waals surface area contributed by atoms with Gasteiger partial charge >= 0.3 is 11.9 Å². The minimum atomic E-state index is -1.29. The second-order valence-electron chi connectivity index (χ2n) is 4.96. The molecule has 0 spiro atoms. The fraction of sp³-hybridized carbons (Fsp3) is 0.400. The number of nitrogens with one attached hydrogen (secondary N) is 1. The number of hydrogen-bond donors (Lipinski definition) is 2. The molecule has 2 N–H and O–H groups in total. The molecule has 0 aliphatic heterocycles. The predicted molar refractivity (Wildman–Crippen MR) is 83.5 cm³/mol. The van der Waals surface area contributed by atoms with Crippen molar-refractivity contribution in [2.75, 3.05) is 20.8 Å². The Kier molecular flexibility index (Phi) is 7.47. The molecule has 10 heteroatoms. The SMILES string of the molecule is COC(=O)C[C@@H](c1ccc([N+](=O)[O-])cc1)[C@H](NC(=O)CO)C(=O)OC. The van der Waals surface area contributed by atoms with Gasteiger partial charge in [-0.05, 0) is 5.56 Å². The van der Waals surface area contributed by atoms with Gasteiger partial charge in [-0.1, -0.05) is 12.1 Å². The van der Waals surface area contributed by atoms with E-state index in [1.165, 1.54) is 24.3 Å². The van der Waals surface area contributed by atoms with Gasteiger partial charge in [0.25, 0.3) is 5.69 Å². The number of ether oxygens (including phenoxy) is 2. The van der Waals surface area contributed by atoms with E-state index in [-0.39, 0.29) is 12.1 Å². The molecule has 0 bridgehead atoms. The van der Waals surface area contributed by atoms with E-state index in [0.29, 0.717) is 5.56 Å². The highest BCUT2D eigenvalue weighted by molar-refractivity contribution is 5.86. The van der Waals surface area contributed by atoms with Crippen LogP contribution in [0.5, 0.6) is 0 Å². The molecule has 1 rings (SSSR count). The van der Waals surface area contributed by atoms with Crippen LogP contribution in [0.15, 0.2) is 24.3 Å². The van der Waals surface area contributed by atoms with Gasteiger partial charge in [0.2, 0.25) is 5.91 Å². The third kappa shape index (κ3) is 5.53. The molecular weight excluding hydrogens is 336 g/mol. The summed E-state index contributed by atoms with van der Waals surface area (Å²) in [5.41, 5.74) is 0.208. The quantitative estimate of drug-likeness (QED) is 0.374. The minimum absolute atomic E-state index is 0.172. The van der Waals surface area contributed by atoms with E-state index in [0.717, 1.165) is 14.2 Å². The average Bonchev–Trinajstić information content (AvgIpc) is 2.63. The first-order valence-corrected chi connectivity index (χ1v) is 7.13. The zero-order valence-electron chi connectivity index (χ0n) is 13.6. The number of hydrogen-bond acceptors (Lipinski definition) is 8. The number of nitrogens with zero attached hydrogens (tertiary/aromatic N) is 1. The number of esters is 2. The average molecular weight is 354 g/mol. The van der Waals surface area contributed by atoms with Gasteiger partial charge in [-0.25, -0.2) is 4.79 Å². The van der Waals surface area contributed by atoms with Crippen LogP contribution >= 0.6 is 0 Å². The second kappa shape index (κ2) is 9.33. The lowest BCUT2D eigenvalue weighted by Crippen LogP contribution is -2.47. The van der Waals surface area contributed by atoms with E-state index in [1.54, 1.807) is 0 Å². The highest BCUT2D eigenvalue weighted by atomic mass is 16.6. The molecule has 0 aliphatic carbocycles. The lowest BCUT2D eigenvalue weighted by Gasteiger charge is -2.25. The van der Waals surface area contributed by atoms with E-state index in [1.807, 2.05) is 0 Å². The summed E-state index contributed by atoms with van der Waals surface area (Å²) in [4.78, 5) is 45.4. The number of aliphatic hydroxyl groups excluding tert-OH is 1. The molecule has 1 aromatic carbocycles. The Morgan fingerprint density at radius 1 is 1.20 bits per heavy atom. The van der Waals surface area contributed by atoms with E-state index >= 15 is 0 Å². The van der Waals surface area contributed by atoms with E-state index in [2.05, 4.69) is 14.8 Å². The molecule has 0 aliphatic rings. The summed E-state index contributed by atoms with van der Waals surface area (Å²) >= 11 is 0. The van der Waals surface area contributed by atoms with Crippen molar-refractivity contribution < 1.29 is 33.9 Å². The third-order valence-electron chi connectivity index (χ3n) is 3.46. The van der Waals surface area contributed by atoms with Gasteiger partial charge < -0.3 is 19.9 Å². The summed E-state index contributed by atoms with van der Waals surface area (Å²) < 4.78 is 9.24. The smallest absolute Gasteiger partial charge is 0.329 e. The van der Waals surface area contributed by atoms with Crippen molar-refractivity contribution in [3.63, 3.8) is 0 Å². The summed E-state index contributed by atoms with van der Waals surface area (Å²) in [6.45, 7) is -0.862. The van der Waals surface area contributed by atoms with E-state index in [9.17, 15) is 24.5 Å². The fourth-order valence-corrected chi connectivity index (χ4v) is 2.20. The molecule has 0 saturated heterocycles. The Bertz CT molecular complexity index is 643. The van der Waals surface area contributed by atoms with Crippen LogP contribution in [0.4, 0.5) is 5.69 Å². The van der Waals surface area contributed by atoms with Gasteiger partial charge in [0.15, 0.2) is 0 Å². The zero-order valence-corrected chi connectivity index (χ0v) is 13.6. The molecule has 0 unspecified atom stereocenters. The van der Waals surface area contributed by atoms with Gasteiger partial charge in [-0.3, -0.25) is 19.7 Å². The number of carbonyl (C=O) groups excluding carboxylic acids is 3. The van der Waals surface area contributed by atoms with Crippen LogP contribution in [-0.2, 0) is 23.9 Å². The Morgan fingerprint density at radius 2 is 1.80 bits per heavy atom. The van der Waals surface area contributed by atoms with Crippen LogP contribution in [-0.4, -0.2) is 54.7 Å². The summed E-state index contributed by atoms with van der Waals surface area (Å²) in [5, 5.41) is 21.9. The number of carbonyl (C=O) groups is 3. The maximum atomic E-state index is 12.0. The van der Waals surface area contributed by atoms with Gasteiger partial charge in [0.05, 0.1) is 25.6 Å². The van der Waals surface area contributed by atoms with Crippen molar-refractivity contribution in [1.29, 1.82) is 0 Å². The maximum absolute atomic E-state index is 12.0. The van der Waals surface area contributed by atoms with Crippen LogP contribution in [0.1, 0.15) is 17.9 Å². The normalized spacial score (nSPS) is 12.6. The Morgan fingerprint density at radius 3 is 2.24 bits per heavy atom. The minimum Gasteiger partial charge on any atom is -0.469 e. The monoisotopic (exact) mass is 354 g/mol. The molecule has 0 saturated carbocycles. The Balaban J connectivity index is 3.26. The van der Waals surface area contributed by atoms with Gasteiger partial charge in [0, 0.05) is 18.1 Å². The van der Waals surface area contributed by atoms with Crippen LogP contribution in [0.2, 0.25) is 0 Å². The standard InChI is InChI=1S/C15H18N2O8/c1-24-13(20)7-11(9-3-5-10(6-4-9)17(22)23)14(15(21)25-2)16-12(19)8-18/h3-6,11,14,18H,7-8H2,1-2H3,(H,16,19)/t11-,14-/m0/s1. The summed E-state index contributed by atoms with van der Waals surface area (Å²) in [5.74, 6) is -3.24. The van der Waals surface area contributed by atoms with Crippen LogP contribution in [0.3, 0.4) is 0 Å². The lowest BCUT2D eigenvalue weighted by atomic mass is 9.88. The molecular formula is C15H18N2O8. The van der Waals surface area contributed by atoms with E-state index < -0.39 is 41.3 Å². The van der Waals surface area contributed by atoms with Crippen molar-refractivity contribution in [1.82, 2.24) is 5.32 Å². The molecule has 0 radical (unpaired) electrons. The topological polar surface area (TPSA) is 145 Å². The third-order valence-corrected chi connectivity index (χ3v) is 3.46. The van der Waals surface area contributed by atoms with E-state index in [4.69, 9.17) is 5.11 Å². The number of nitro groups is 1. The van der Waals surface area contributed by atoms with Crippen LogP contribution in [0, 0.1) is 10.1 Å². The zero-order chi connectivity index (χ0) is 19.0. The number of methoxy groups -OCH3 is 2. The molecule has 0 heterocycles. The summed E-state index contributed by atoms with van der Waals surface area (Å²) in [6, 6.07) is 3.87. The highest BCUT2D eigenvalue weighted by Gasteiger charge is 2.34. The molecule has 136 valence electrons. The lowest BCUT2D eigenvalue weighted by molar-refractivity contribution is -0.384. The molecule has 0 fully saturated rings. The molecule has 25 heavy (non-hydrogen) atoms. The molecule has 1 aromatic rings. The largest absolute Gasteiger partial charge is 0.469 e. The van der Waals surface area contributed by atoms with Crippen molar-refractivity contribution in [2.24, 2.45) is 0 Å². The number of non-ortho nitro benzene ring substituents is 1. The molecule has 2 atom stereocenters. The first-order chi connectivity index (χ1) is 11.8. The number of rotatable bonds is 8. The van der Waals surface area contributed by atoms with Gasteiger partial charge in [0.1, 0.15) is 12.6 Å². The Hall–Kier alpha value is -3.01. The van der Waals surface area contributed by atoms with Crippen molar-refractivity contribution >= 4 is 23.5 Å². The maximum Gasteiger partial charge on any atom is 0.329 e. The highest BCUT2D eigenvalue weighted by Crippen LogP contribution is 2.27. The number of aliphatic hydroxyl groups is 1. The van der Waals surface area contributed by atoms with Crippen LogP contribution < -0.4 is 5.32 Å². The van der Waals surface area contributed by atoms with Crippen LogP contribution in [0.25, 0.3) is 0 Å². The molecule has 0 aromatic heterocycles. The predicted octanol–water partition coefficient (Wildman–Crippen LogP) is -0.108. The molecule has 1 amide bonds. The Labute approximate surface area is 142 Å². The second-order valence-corrected chi connectivity index (χ2v) is 4.96. The number of nitro benzene ring substituents is 1.